The van der Waals surface area contributed by atoms with Crippen LogP contribution in [0.3, 0.4) is 0 Å². The number of ether oxygens (including phenoxy) is 3. The third-order valence-electron chi connectivity index (χ3n) is 6.11. The van der Waals surface area contributed by atoms with Crippen LogP contribution < -0.4 is 0 Å². The van der Waals surface area contributed by atoms with Gasteiger partial charge in [0.05, 0.1) is 0 Å². The van der Waals surface area contributed by atoms with E-state index in [0.29, 0.717) is 12.0 Å². The van der Waals surface area contributed by atoms with E-state index in [4.69, 9.17) is 14.2 Å². The molecule has 4 bridgehead atoms. The Morgan fingerprint density at radius 3 is 2.67 bits per heavy atom. The van der Waals surface area contributed by atoms with E-state index >= 15 is 0 Å². The molecular weight excluding hydrogens is 352 g/mol. The van der Waals surface area contributed by atoms with Gasteiger partial charge in [0.15, 0.2) is 5.78 Å². The van der Waals surface area contributed by atoms with Gasteiger partial charge >= 0.3 is 5.97 Å². The van der Waals surface area contributed by atoms with Gasteiger partial charge < -0.3 is 24.4 Å². The molecule has 0 saturated carbocycles. The lowest BCUT2D eigenvalue weighted by Gasteiger charge is -2.47. The number of aliphatic hydroxyl groups is 2. The van der Waals surface area contributed by atoms with Crippen LogP contribution in [0.2, 0.25) is 0 Å². The lowest BCUT2D eigenvalue weighted by molar-refractivity contribution is -0.297. The van der Waals surface area contributed by atoms with Crippen LogP contribution in [-0.4, -0.2) is 57.8 Å². The van der Waals surface area contributed by atoms with Crippen molar-refractivity contribution in [2.24, 2.45) is 5.92 Å². The summed E-state index contributed by atoms with van der Waals surface area (Å²) in [5.74, 6) is -3.55. The van der Waals surface area contributed by atoms with Gasteiger partial charge in [0, 0.05) is 18.8 Å². The second kappa shape index (κ2) is 5.85. The van der Waals surface area contributed by atoms with Gasteiger partial charge in [-0.2, -0.15) is 0 Å². The van der Waals surface area contributed by atoms with Crippen molar-refractivity contribution in [1.82, 2.24) is 0 Å². The first-order valence-corrected chi connectivity index (χ1v) is 9.10. The molecule has 0 aliphatic carbocycles. The van der Waals surface area contributed by atoms with Crippen LogP contribution >= 0.6 is 0 Å². The summed E-state index contributed by atoms with van der Waals surface area (Å²) in [6.45, 7) is 11.2. The smallest absolute Gasteiger partial charge is 0.344 e. The van der Waals surface area contributed by atoms with Gasteiger partial charge in [0.1, 0.15) is 24.4 Å². The summed E-state index contributed by atoms with van der Waals surface area (Å²) in [6, 6.07) is 0. The Balaban J connectivity index is 1.81. The Kier molecular flexibility index (Phi) is 4.02. The summed E-state index contributed by atoms with van der Waals surface area (Å²) in [6.07, 6.45) is -1.32. The minimum Gasteiger partial charge on any atom is -0.457 e. The maximum atomic E-state index is 12.6. The monoisotopic (exact) mass is 376 g/mol. The van der Waals surface area contributed by atoms with Crippen molar-refractivity contribution < 1.29 is 34.0 Å². The van der Waals surface area contributed by atoms with E-state index in [-0.39, 0.29) is 24.2 Å². The number of carbonyl (C=O) groups is 2. The molecule has 4 heterocycles. The molecule has 7 atom stereocenters. The second-order valence-electron chi connectivity index (χ2n) is 8.15. The zero-order valence-corrected chi connectivity index (χ0v) is 15.4. The molecule has 0 unspecified atom stereocenters. The Morgan fingerprint density at radius 2 is 2.04 bits per heavy atom. The number of ketones is 1. The fourth-order valence-corrected chi connectivity index (χ4v) is 4.55. The highest BCUT2D eigenvalue weighted by Crippen LogP contribution is 2.56. The summed E-state index contributed by atoms with van der Waals surface area (Å²) in [5, 5.41) is 22.0. The van der Waals surface area contributed by atoms with Crippen LogP contribution in [0.15, 0.2) is 36.0 Å². The number of hydrogen-bond acceptors (Lipinski definition) is 7. The van der Waals surface area contributed by atoms with Gasteiger partial charge in [-0.15, -0.1) is 0 Å². The van der Waals surface area contributed by atoms with E-state index in [2.05, 4.69) is 13.2 Å². The lowest BCUT2D eigenvalue weighted by atomic mass is 9.76. The first kappa shape index (κ1) is 18.6. The van der Waals surface area contributed by atoms with E-state index < -0.39 is 47.7 Å². The average molecular weight is 376 g/mol. The van der Waals surface area contributed by atoms with Crippen molar-refractivity contribution in [2.75, 3.05) is 0 Å². The Morgan fingerprint density at radius 1 is 1.33 bits per heavy atom. The first-order valence-electron chi connectivity index (χ1n) is 9.10. The second-order valence-corrected chi connectivity index (χ2v) is 8.15. The minimum absolute atomic E-state index is 0.0390. The predicted octanol–water partition coefficient (Wildman–Crippen LogP) is 0.945. The number of epoxide rings is 1. The molecule has 0 aromatic heterocycles. The molecule has 2 N–H and O–H groups in total. The van der Waals surface area contributed by atoms with Gasteiger partial charge in [-0.3, -0.25) is 4.79 Å². The molecule has 4 aliphatic rings. The number of carbonyl (C=O) groups excluding carboxylic acids is 2. The quantitative estimate of drug-likeness (QED) is 0.399. The van der Waals surface area contributed by atoms with Crippen LogP contribution in [0, 0.1) is 5.92 Å². The summed E-state index contributed by atoms with van der Waals surface area (Å²) in [4.78, 5) is 25.0. The zero-order valence-electron chi connectivity index (χ0n) is 15.4. The molecule has 0 spiro atoms. The third-order valence-corrected chi connectivity index (χ3v) is 6.11. The molecule has 0 aromatic rings. The van der Waals surface area contributed by atoms with Crippen molar-refractivity contribution in [3.05, 3.63) is 36.0 Å². The molecule has 27 heavy (non-hydrogen) atoms. The molecular formula is C20H24O7. The van der Waals surface area contributed by atoms with Crippen LogP contribution in [0.4, 0.5) is 0 Å². The maximum Gasteiger partial charge on any atom is 0.344 e. The molecule has 0 radical (unpaired) electrons. The minimum atomic E-state index is -2.19. The molecule has 4 aliphatic heterocycles. The van der Waals surface area contributed by atoms with Crippen molar-refractivity contribution in [3.63, 3.8) is 0 Å². The fourth-order valence-electron chi connectivity index (χ4n) is 4.55. The molecule has 4 rings (SSSR count). The third kappa shape index (κ3) is 2.56. The lowest BCUT2D eigenvalue weighted by Crippen LogP contribution is -2.60. The number of allylic oxidation sites excluding steroid dienone is 1. The molecule has 3 saturated heterocycles. The maximum absolute atomic E-state index is 12.6. The number of fused-ring (bicyclic) bond motifs is 2. The highest BCUT2D eigenvalue weighted by atomic mass is 16.7. The van der Waals surface area contributed by atoms with Gasteiger partial charge in [-0.05, 0) is 31.9 Å². The molecule has 146 valence electrons. The highest BCUT2D eigenvalue weighted by molar-refractivity contribution is 5.92. The average Bonchev–Trinajstić information content (AvgIpc) is 3.26. The number of aliphatic hydroxyl groups excluding tert-OH is 1. The molecule has 7 nitrogen and oxygen atoms in total. The zero-order chi connectivity index (χ0) is 19.7. The van der Waals surface area contributed by atoms with E-state index in [1.165, 1.54) is 6.08 Å². The van der Waals surface area contributed by atoms with E-state index in [1.807, 2.05) is 0 Å². The normalized spacial score (nSPS) is 48.5. The van der Waals surface area contributed by atoms with Crippen LogP contribution in [0.25, 0.3) is 0 Å². The fraction of sp³-hybridized carbons (Fsp3) is 0.600. The van der Waals surface area contributed by atoms with E-state index in [9.17, 15) is 19.8 Å². The summed E-state index contributed by atoms with van der Waals surface area (Å²) >= 11 is 0. The van der Waals surface area contributed by atoms with Crippen LogP contribution in [0.1, 0.15) is 33.1 Å². The molecule has 0 aromatic carbocycles. The number of rotatable bonds is 1. The largest absolute Gasteiger partial charge is 0.457 e. The molecule has 7 heteroatoms. The van der Waals surface area contributed by atoms with Gasteiger partial charge in [0.25, 0.3) is 0 Å². The SMILES string of the molecule is C=C(C)[C@@H]1C[C@H]2O[C@](O)(C(=C)CC(=O)/C=C(/C)C[C@@H]3OC(=O)[C@]24O[C@@H]34)[C@H]1O. The predicted molar refractivity (Wildman–Crippen MR) is 93.4 cm³/mol. The van der Waals surface area contributed by atoms with Crippen LogP contribution in [0.5, 0.6) is 0 Å². The summed E-state index contributed by atoms with van der Waals surface area (Å²) in [5.41, 5.74) is 0.122. The standard InChI is InChI=1S/C20H24O7/c1-9(2)13-8-15-19-17(27-19)14(25-18(19)23)6-10(3)5-12(21)7-11(4)20(24,26-15)16(13)22/h5,13-17,22,24H,1,4,6-8H2,2-3H3/b10-5-/t13-,14-,15+,16-,17-,19-,20+/m0/s1. The molecule has 0 amide bonds. The van der Waals surface area contributed by atoms with Crippen LogP contribution in [-0.2, 0) is 23.8 Å². The van der Waals surface area contributed by atoms with Gasteiger partial charge in [-0.25, -0.2) is 4.79 Å². The topological polar surface area (TPSA) is 106 Å². The summed E-state index contributed by atoms with van der Waals surface area (Å²) < 4.78 is 17.1. The Bertz CT molecular complexity index is 783. The van der Waals surface area contributed by atoms with E-state index in [0.717, 1.165) is 5.57 Å². The number of hydrogen-bond donors (Lipinski definition) is 2. The van der Waals surface area contributed by atoms with Gasteiger partial charge in [-0.1, -0.05) is 24.3 Å². The van der Waals surface area contributed by atoms with Crippen molar-refractivity contribution in [2.45, 2.75) is 68.9 Å². The Labute approximate surface area is 157 Å². The molecule has 3 fully saturated rings. The van der Waals surface area contributed by atoms with Crippen molar-refractivity contribution >= 4 is 11.8 Å². The summed E-state index contributed by atoms with van der Waals surface area (Å²) in [7, 11) is 0. The van der Waals surface area contributed by atoms with E-state index in [1.54, 1.807) is 13.8 Å². The van der Waals surface area contributed by atoms with Crippen molar-refractivity contribution in [1.29, 1.82) is 0 Å². The van der Waals surface area contributed by atoms with Crippen molar-refractivity contribution in [3.8, 4) is 0 Å². The Hall–Kier alpha value is -1.80. The number of esters is 1. The highest BCUT2D eigenvalue weighted by Gasteiger charge is 2.78. The van der Waals surface area contributed by atoms with Gasteiger partial charge in [0.2, 0.25) is 11.4 Å². The first-order chi connectivity index (χ1) is 12.6.